The van der Waals surface area contributed by atoms with E-state index in [2.05, 4.69) is 4.90 Å². The second-order valence-electron chi connectivity index (χ2n) is 9.54. The summed E-state index contributed by atoms with van der Waals surface area (Å²) in [4.78, 5) is 17.6. The van der Waals surface area contributed by atoms with Crippen molar-refractivity contribution < 1.29 is 32.5 Å². The number of halogens is 3. The molecule has 33 heavy (non-hydrogen) atoms. The van der Waals surface area contributed by atoms with Gasteiger partial charge in [-0.15, -0.1) is 0 Å². The van der Waals surface area contributed by atoms with Crippen molar-refractivity contribution in [3.8, 4) is 0 Å². The Hall–Kier alpha value is -1.94. The smallest absolute Gasteiger partial charge is 0.381 e. The minimum atomic E-state index is -4.42. The van der Waals surface area contributed by atoms with E-state index in [1.54, 1.807) is 11.8 Å². The Morgan fingerprint density at radius 3 is 2.45 bits per heavy atom. The molecule has 4 aliphatic heterocycles. The summed E-state index contributed by atoms with van der Waals surface area (Å²) in [6.07, 6.45) is -2.39. The average Bonchev–Trinajstić information content (AvgIpc) is 3.32. The molecule has 4 aliphatic rings. The summed E-state index contributed by atoms with van der Waals surface area (Å²) in [5, 5.41) is 10.5. The van der Waals surface area contributed by atoms with Crippen LogP contribution in [0.2, 0.25) is 0 Å². The summed E-state index contributed by atoms with van der Waals surface area (Å²) < 4.78 is 50.8. The molecule has 4 heterocycles. The van der Waals surface area contributed by atoms with E-state index < -0.39 is 23.6 Å². The number of ether oxygens (including phenoxy) is 2. The maximum Gasteiger partial charge on any atom is 0.416 e. The number of carbonyl (C=O) groups excluding carboxylic acids is 1. The Bertz CT molecular complexity index is 963. The molecule has 0 aromatic heterocycles. The summed E-state index contributed by atoms with van der Waals surface area (Å²) in [5.74, 6) is -0.256. The summed E-state index contributed by atoms with van der Waals surface area (Å²) in [7, 11) is 0. The maximum absolute atomic E-state index is 13.6. The van der Waals surface area contributed by atoms with Crippen molar-refractivity contribution in [3.05, 3.63) is 46.0 Å². The highest BCUT2D eigenvalue weighted by atomic mass is 19.4. The molecule has 1 unspecified atom stereocenters. The molecular formula is C24H29F3N2O4. The fraction of sp³-hybridized carbons (Fsp3) is 0.625. The SMILES string of the molecule is CC1=C(C(=O)N2Cc3ccc(C(F)(F)F)cc3C2)C2(CCN(C3CCOCC3)CC2)OC1O. The number of aliphatic hydroxyl groups excluding tert-OH is 1. The molecule has 0 bridgehead atoms. The van der Waals surface area contributed by atoms with Crippen LogP contribution in [0.15, 0.2) is 29.3 Å². The number of hydrogen-bond acceptors (Lipinski definition) is 5. The normalized spacial score (nSPS) is 26.3. The molecular weight excluding hydrogens is 437 g/mol. The first-order chi connectivity index (χ1) is 15.7. The number of likely N-dealkylation sites (tertiary alicyclic amines) is 1. The molecule has 2 saturated heterocycles. The lowest BCUT2D eigenvalue weighted by atomic mass is 9.81. The van der Waals surface area contributed by atoms with Gasteiger partial charge >= 0.3 is 6.18 Å². The second kappa shape index (κ2) is 8.37. The van der Waals surface area contributed by atoms with Crippen molar-refractivity contribution in [2.75, 3.05) is 26.3 Å². The van der Waals surface area contributed by atoms with E-state index in [-0.39, 0.29) is 19.0 Å². The Labute approximate surface area is 190 Å². The van der Waals surface area contributed by atoms with E-state index in [0.29, 0.717) is 35.6 Å². The molecule has 1 amide bonds. The van der Waals surface area contributed by atoms with Gasteiger partial charge in [0.1, 0.15) is 5.60 Å². The molecule has 180 valence electrons. The van der Waals surface area contributed by atoms with Crippen LogP contribution in [0.25, 0.3) is 0 Å². The van der Waals surface area contributed by atoms with Gasteiger partial charge in [-0.1, -0.05) is 6.07 Å². The van der Waals surface area contributed by atoms with Gasteiger partial charge in [0.25, 0.3) is 5.91 Å². The zero-order chi connectivity index (χ0) is 23.4. The van der Waals surface area contributed by atoms with Crippen LogP contribution in [0.1, 0.15) is 49.3 Å². The minimum absolute atomic E-state index is 0.120. The van der Waals surface area contributed by atoms with Crippen LogP contribution < -0.4 is 0 Å². The summed E-state index contributed by atoms with van der Waals surface area (Å²) in [6.45, 7) is 5.13. The van der Waals surface area contributed by atoms with Gasteiger partial charge < -0.3 is 19.5 Å². The molecule has 9 heteroatoms. The number of rotatable bonds is 2. The van der Waals surface area contributed by atoms with Crippen molar-refractivity contribution in [2.24, 2.45) is 0 Å². The minimum Gasteiger partial charge on any atom is -0.381 e. The Morgan fingerprint density at radius 1 is 1.12 bits per heavy atom. The summed E-state index contributed by atoms with van der Waals surface area (Å²) in [5.41, 5.74) is 0.657. The maximum atomic E-state index is 13.6. The second-order valence-corrected chi connectivity index (χ2v) is 9.54. The van der Waals surface area contributed by atoms with Crippen LogP contribution >= 0.6 is 0 Å². The van der Waals surface area contributed by atoms with E-state index >= 15 is 0 Å². The van der Waals surface area contributed by atoms with E-state index in [9.17, 15) is 23.1 Å². The van der Waals surface area contributed by atoms with Gasteiger partial charge in [0.05, 0.1) is 11.1 Å². The zero-order valence-corrected chi connectivity index (χ0v) is 18.7. The van der Waals surface area contributed by atoms with Crippen molar-refractivity contribution in [2.45, 2.75) is 69.8 Å². The number of fused-ring (bicyclic) bond motifs is 1. The highest BCUT2D eigenvalue weighted by Gasteiger charge is 2.51. The molecule has 6 nitrogen and oxygen atoms in total. The van der Waals surface area contributed by atoms with Gasteiger partial charge in [-0.2, -0.15) is 13.2 Å². The predicted molar refractivity (Wildman–Crippen MR) is 113 cm³/mol. The van der Waals surface area contributed by atoms with E-state index in [1.807, 2.05) is 0 Å². The lowest BCUT2D eigenvalue weighted by Crippen LogP contribution is -2.52. The van der Waals surface area contributed by atoms with E-state index in [0.717, 1.165) is 56.8 Å². The third-order valence-electron chi connectivity index (χ3n) is 7.63. The molecule has 1 atom stereocenters. The molecule has 2 fully saturated rings. The van der Waals surface area contributed by atoms with Crippen LogP contribution in [-0.4, -0.2) is 65.0 Å². The van der Waals surface area contributed by atoms with Gasteiger partial charge in [0.2, 0.25) is 0 Å². The van der Waals surface area contributed by atoms with Gasteiger partial charge in [-0.05, 0) is 61.4 Å². The number of piperidine rings is 1. The van der Waals surface area contributed by atoms with Crippen LogP contribution in [0.5, 0.6) is 0 Å². The highest BCUT2D eigenvalue weighted by molar-refractivity contribution is 5.97. The fourth-order valence-corrected chi connectivity index (χ4v) is 5.75. The standard InChI is InChI=1S/C24H29F3N2O4/c1-15-20(21(30)29-13-16-2-3-18(24(25,26)27)12-17(16)14-29)23(33-22(15)31)6-8-28(9-7-23)19-4-10-32-11-5-19/h2-3,12,19,22,31H,4-11,13-14H2,1H3. The third kappa shape index (κ3) is 4.09. The number of amides is 1. The molecule has 1 aromatic carbocycles. The first-order valence-electron chi connectivity index (χ1n) is 11.6. The largest absolute Gasteiger partial charge is 0.416 e. The Morgan fingerprint density at radius 2 is 1.79 bits per heavy atom. The van der Waals surface area contributed by atoms with Crippen molar-refractivity contribution in [1.29, 1.82) is 0 Å². The number of hydrogen-bond donors (Lipinski definition) is 1. The van der Waals surface area contributed by atoms with Crippen LogP contribution in [0.4, 0.5) is 13.2 Å². The Balaban J connectivity index is 1.33. The van der Waals surface area contributed by atoms with Gasteiger partial charge in [-0.25, -0.2) is 0 Å². The molecule has 1 aromatic rings. The number of nitrogens with zero attached hydrogens (tertiary/aromatic N) is 2. The van der Waals surface area contributed by atoms with Gasteiger partial charge in [0.15, 0.2) is 6.29 Å². The first-order valence-corrected chi connectivity index (χ1v) is 11.6. The third-order valence-corrected chi connectivity index (χ3v) is 7.63. The molecule has 0 saturated carbocycles. The molecule has 0 radical (unpaired) electrons. The quantitative estimate of drug-likeness (QED) is 0.725. The zero-order valence-electron chi connectivity index (χ0n) is 18.7. The van der Waals surface area contributed by atoms with Crippen molar-refractivity contribution >= 4 is 5.91 Å². The van der Waals surface area contributed by atoms with Crippen LogP contribution in [0.3, 0.4) is 0 Å². The van der Waals surface area contributed by atoms with Crippen molar-refractivity contribution in [1.82, 2.24) is 9.80 Å². The number of benzene rings is 1. The lowest BCUT2D eigenvalue weighted by molar-refractivity contribution is -0.155. The number of alkyl halides is 3. The van der Waals surface area contributed by atoms with Crippen LogP contribution in [-0.2, 0) is 33.5 Å². The molecule has 1 N–H and O–H groups in total. The number of carbonyl (C=O) groups is 1. The molecule has 1 spiro atoms. The summed E-state index contributed by atoms with van der Waals surface area (Å²) >= 11 is 0. The predicted octanol–water partition coefficient (Wildman–Crippen LogP) is 3.23. The van der Waals surface area contributed by atoms with Crippen molar-refractivity contribution in [3.63, 3.8) is 0 Å². The average molecular weight is 467 g/mol. The van der Waals surface area contributed by atoms with Crippen LogP contribution in [0, 0.1) is 0 Å². The van der Waals surface area contributed by atoms with Gasteiger partial charge in [0, 0.05) is 45.4 Å². The van der Waals surface area contributed by atoms with Gasteiger partial charge in [-0.3, -0.25) is 9.69 Å². The topological polar surface area (TPSA) is 62.2 Å². The summed E-state index contributed by atoms with van der Waals surface area (Å²) in [6, 6.07) is 4.11. The molecule has 0 aliphatic carbocycles. The first kappa shape index (κ1) is 22.8. The number of aliphatic hydroxyl groups is 1. The monoisotopic (exact) mass is 466 g/mol. The van der Waals surface area contributed by atoms with E-state index in [1.165, 1.54) is 6.07 Å². The fourth-order valence-electron chi connectivity index (χ4n) is 5.75. The highest BCUT2D eigenvalue weighted by Crippen LogP contribution is 2.45. The molecule has 5 rings (SSSR count). The lowest BCUT2D eigenvalue weighted by Gasteiger charge is -2.44. The van der Waals surface area contributed by atoms with E-state index in [4.69, 9.17) is 9.47 Å². The Kier molecular flexibility index (Phi) is 5.79.